The monoisotopic (exact) mass is 429 g/mol. The second-order valence-electron chi connectivity index (χ2n) is 6.95. The van der Waals surface area contributed by atoms with Gasteiger partial charge in [-0.2, -0.15) is 13.2 Å². The number of allylic oxidation sites excluding steroid dienone is 2. The average Bonchev–Trinajstić information content (AvgIpc) is 3.36. The number of alkyl halides is 3. The van der Waals surface area contributed by atoms with Crippen LogP contribution in [0.3, 0.4) is 0 Å². The van der Waals surface area contributed by atoms with Gasteiger partial charge in [0.1, 0.15) is 48.6 Å². The number of nitrogen functional groups attached to an aromatic ring is 1. The average molecular weight is 429 g/mol. The Morgan fingerprint density at radius 1 is 1.23 bits per heavy atom. The summed E-state index contributed by atoms with van der Waals surface area (Å²) in [5.41, 5.74) is 6.17. The lowest BCUT2D eigenvalue weighted by molar-refractivity contribution is -0.208. The van der Waals surface area contributed by atoms with Gasteiger partial charge in [0.2, 0.25) is 0 Å². The Bertz CT molecular complexity index is 994. The molecule has 30 heavy (non-hydrogen) atoms. The lowest BCUT2D eigenvalue weighted by Crippen LogP contribution is -2.45. The van der Waals surface area contributed by atoms with Crippen LogP contribution in [0.25, 0.3) is 11.2 Å². The van der Waals surface area contributed by atoms with Crippen LogP contribution in [0.5, 0.6) is 0 Å². The summed E-state index contributed by atoms with van der Waals surface area (Å²) < 4.78 is 50.3. The number of fused-ring (bicyclic) bond motifs is 1. The van der Waals surface area contributed by atoms with E-state index in [0.717, 1.165) is 0 Å². The molecular weight excluding hydrogens is 411 g/mol. The van der Waals surface area contributed by atoms with E-state index < -0.39 is 49.3 Å². The van der Waals surface area contributed by atoms with Gasteiger partial charge in [-0.1, -0.05) is 12.2 Å². The molecule has 1 aliphatic heterocycles. The molecule has 0 saturated carbocycles. The molecule has 0 bridgehead atoms. The maximum atomic E-state index is 12.8. The van der Waals surface area contributed by atoms with Gasteiger partial charge >= 0.3 is 6.18 Å². The number of anilines is 1. The van der Waals surface area contributed by atoms with Gasteiger partial charge in [0.05, 0.1) is 12.2 Å². The molecule has 0 radical (unpaired) electrons. The molecule has 3 heterocycles. The van der Waals surface area contributed by atoms with E-state index in [4.69, 9.17) is 15.2 Å². The zero-order valence-electron chi connectivity index (χ0n) is 15.2. The first-order valence-electron chi connectivity index (χ1n) is 8.87. The Hall–Kier alpha value is -2.74. The van der Waals surface area contributed by atoms with E-state index in [-0.39, 0.29) is 22.7 Å². The topological polar surface area (TPSA) is 149 Å². The number of imidazole rings is 1. The predicted molar refractivity (Wildman–Crippen MR) is 94.8 cm³/mol. The van der Waals surface area contributed by atoms with E-state index in [1.807, 2.05) is 0 Å². The van der Waals surface area contributed by atoms with Crippen molar-refractivity contribution in [2.45, 2.75) is 36.8 Å². The molecule has 10 nitrogen and oxygen atoms in total. The lowest BCUT2D eigenvalue weighted by Gasteiger charge is -2.30. The molecule has 1 aliphatic carbocycles. The molecule has 1 fully saturated rings. The summed E-state index contributed by atoms with van der Waals surface area (Å²) in [6.45, 7) is -1.62. The van der Waals surface area contributed by atoms with Gasteiger partial charge < -0.3 is 30.5 Å². The number of nitrogens with zero attached hydrogens (tertiary/aromatic N) is 4. The normalized spacial score (nSPS) is 30.2. The van der Waals surface area contributed by atoms with Gasteiger partial charge in [0.15, 0.2) is 17.7 Å². The first kappa shape index (κ1) is 20.5. The van der Waals surface area contributed by atoms with E-state index in [1.54, 1.807) is 0 Å². The van der Waals surface area contributed by atoms with E-state index in [9.17, 15) is 28.5 Å². The largest absolute Gasteiger partial charge is 0.512 e. The van der Waals surface area contributed by atoms with Gasteiger partial charge in [-0.3, -0.25) is 4.57 Å². The molecule has 0 amide bonds. The molecule has 0 spiro atoms. The van der Waals surface area contributed by atoms with Crippen molar-refractivity contribution in [1.29, 1.82) is 0 Å². The van der Waals surface area contributed by atoms with Gasteiger partial charge in [-0.25, -0.2) is 15.0 Å². The minimum absolute atomic E-state index is 0.0841. The third kappa shape index (κ3) is 3.60. The highest BCUT2D eigenvalue weighted by atomic mass is 19.4. The van der Waals surface area contributed by atoms with E-state index in [0.29, 0.717) is 0 Å². The van der Waals surface area contributed by atoms with Gasteiger partial charge in [0.25, 0.3) is 0 Å². The van der Waals surface area contributed by atoms with Gasteiger partial charge in [0, 0.05) is 0 Å². The molecule has 6 atom stereocenters. The maximum absolute atomic E-state index is 12.8. The van der Waals surface area contributed by atoms with E-state index in [2.05, 4.69) is 15.0 Å². The maximum Gasteiger partial charge on any atom is 0.411 e. The number of hydrogen-bond donors (Lipinski definition) is 4. The van der Waals surface area contributed by atoms with E-state index in [1.165, 1.54) is 35.4 Å². The van der Waals surface area contributed by atoms with Crippen LogP contribution in [0.1, 0.15) is 6.23 Å². The van der Waals surface area contributed by atoms with Crippen molar-refractivity contribution in [3.05, 3.63) is 36.6 Å². The highest BCUT2D eigenvalue weighted by molar-refractivity contribution is 5.81. The minimum Gasteiger partial charge on any atom is -0.512 e. The van der Waals surface area contributed by atoms with Crippen LogP contribution in [0.2, 0.25) is 0 Å². The number of aliphatic hydroxyl groups is 3. The van der Waals surface area contributed by atoms with Crippen molar-refractivity contribution in [3.63, 3.8) is 0 Å². The van der Waals surface area contributed by atoms with Crippen molar-refractivity contribution in [1.82, 2.24) is 19.5 Å². The first-order chi connectivity index (χ1) is 14.2. The molecule has 2 aromatic rings. The molecule has 2 unspecified atom stereocenters. The van der Waals surface area contributed by atoms with Crippen molar-refractivity contribution in [2.75, 3.05) is 12.3 Å². The number of rotatable bonds is 5. The smallest absolute Gasteiger partial charge is 0.411 e. The van der Waals surface area contributed by atoms with E-state index >= 15 is 0 Å². The fraction of sp³-hybridized carbons (Fsp3) is 0.471. The third-order valence-electron chi connectivity index (χ3n) is 4.98. The highest BCUT2D eigenvalue weighted by Gasteiger charge is 2.51. The van der Waals surface area contributed by atoms with Crippen LogP contribution in [0.4, 0.5) is 19.0 Å². The Labute approximate surface area is 167 Å². The van der Waals surface area contributed by atoms with Gasteiger partial charge in [-0.15, -0.1) is 0 Å². The molecule has 5 N–H and O–H groups in total. The quantitative estimate of drug-likeness (QED) is 0.536. The second kappa shape index (κ2) is 7.50. The number of ether oxygens (including phenoxy) is 2. The Kier molecular flexibility index (Phi) is 5.13. The van der Waals surface area contributed by atoms with Crippen LogP contribution in [-0.4, -0.2) is 72.0 Å². The Balaban J connectivity index is 1.64. The zero-order chi connectivity index (χ0) is 21.6. The molecule has 2 aliphatic rings. The predicted octanol–water partition coefficient (Wildman–Crippen LogP) is 0.603. The standard InChI is InChI=1S/C17H18F3N5O5/c18-17(19,20)4-29-12(7-2-1-3-8(7)26)13-10(27)11(28)16(30-13)25-6-24-9-14(21)22-5-23-15(9)25/h1-3,5-7,10-13,16,26-28H,4H2,(H2,21,22,23)/t7?,10-,11+,12?,13-,16+/m0/s1. The number of aromatic nitrogens is 4. The molecule has 13 heteroatoms. The molecule has 162 valence electrons. The number of hydrogen-bond acceptors (Lipinski definition) is 9. The number of aliphatic hydroxyl groups excluding tert-OH is 3. The molecular formula is C17H18F3N5O5. The highest BCUT2D eigenvalue weighted by Crippen LogP contribution is 2.38. The first-order valence-corrected chi connectivity index (χ1v) is 8.87. The molecule has 0 aromatic carbocycles. The summed E-state index contributed by atoms with van der Waals surface area (Å²) in [4.78, 5) is 11.9. The van der Waals surface area contributed by atoms with Crippen molar-refractivity contribution in [3.8, 4) is 0 Å². The summed E-state index contributed by atoms with van der Waals surface area (Å²) >= 11 is 0. The van der Waals surface area contributed by atoms with Crippen molar-refractivity contribution >= 4 is 17.0 Å². The summed E-state index contributed by atoms with van der Waals surface area (Å²) in [5.74, 6) is -1.15. The third-order valence-corrected chi connectivity index (χ3v) is 4.98. The van der Waals surface area contributed by atoms with Crippen LogP contribution < -0.4 is 5.73 Å². The molecule has 4 rings (SSSR count). The summed E-state index contributed by atoms with van der Waals surface area (Å²) in [6, 6.07) is 0. The number of halogens is 3. The van der Waals surface area contributed by atoms with Crippen LogP contribution in [-0.2, 0) is 9.47 Å². The zero-order valence-corrected chi connectivity index (χ0v) is 15.2. The van der Waals surface area contributed by atoms with Crippen molar-refractivity contribution in [2.24, 2.45) is 5.92 Å². The fourth-order valence-electron chi connectivity index (χ4n) is 3.60. The van der Waals surface area contributed by atoms with Crippen LogP contribution >= 0.6 is 0 Å². The SMILES string of the molecule is Nc1ncnc2c1ncn2[C@@H]1O[C@H](C(OCC(F)(F)F)C2C=CC=C2O)[C@@H](O)[C@H]1O. The van der Waals surface area contributed by atoms with Gasteiger partial charge in [-0.05, 0) is 6.08 Å². The summed E-state index contributed by atoms with van der Waals surface area (Å²) in [5, 5.41) is 31.1. The van der Waals surface area contributed by atoms with Crippen molar-refractivity contribution < 1.29 is 38.0 Å². The second-order valence-corrected chi connectivity index (χ2v) is 6.95. The van der Waals surface area contributed by atoms with Crippen LogP contribution in [0, 0.1) is 5.92 Å². The van der Waals surface area contributed by atoms with Crippen LogP contribution in [0.15, 0.2) is 36.6 Å². The minimum atomic E-state index is -4.64. The summed E-state index contributed by atoms with van der Waals surface area (Å²) in [6.07, 6.45) is -5.26. The molecule has 1 saturated heterocycles. The molecule has 2 aromatic heterocycles. The lowest BCUT2D eigenvalue weighted by atomic mass is 9.93. The number of nitrogens with two attached hydrogens (primary N) is 1. The Morgan fingerprint density at radius 2 is 2.00 bits per heavy atom. The Morgan fingerprint density at radius 3 is 2.67 bits per heavy atom. The summed E-state index contributed by atoms with van der Waals surface area (Å²) in [7, 11) is 0. The fourth-order valence-corrected chi connectivity index (χ4v) is 3.60.